The lowest BCUT2D eigenvalue weighted by Gasteiger charge is -2.15. The van der Waals surface area contributed by atoms with Gasteiger partial charge in [0.05, 0.1) is 13.7 Å². The molecule has 1 N–H and O–H groups in total. The average Bonchev–Trinajstić information content (AvgIpc) is 2.31. The highest BCUT2D eigenvalue weighted by Gasteiger charge is 2.04. The SMILES string of the molecule is COc1cccc(NCC(OC)OC)c1. The highest BCUT2D eigenvalue weighted by atomic mass is 16.7. The minimum atomic E-state index is -0.240. The Bertz CT molecular complexity index is 287. The van der Waals surface area contributed by atoms with E-state index in [-0.39, 0.29) is 6.29 Å². The fraction of sp³-hybridized carbons (Fsp3) is 0.455. The van der Waals surface area contributed by atoms with Crippen LogP contribution in [0.2, 0.25) is 0 Å². The summed E-state index contributed by atoms with van der Waals surface area (Å²) in [6.45, 7) is 0.597. The van der Waals surface area contributed by atoms with Crippen LogP contribution in [-0.2, 0) is 9.47 Å². The molecule has 0 heterocycles. The van der Waals surface area contributed by atoms with Gasteiger partial charge < -0.3 is 19.5 Å². The number of hydrogen-bond donors (Lipinski definition) is 1. The van der Waals surface area contributed by atoms with E-state index in [1.807, 2.05) is 24.3 Å². The molecule has 0 saturated carbocycles. The van der Waals surface area contributed by atoms with Crippen LogP contribution >= 0.6 is 0 Å². The largest absolute Gasteiger partial charge is 0.497 e. The zero-order valence-corrected chi connectivity index (χ0v) is 9.32. The molecule has 0 atom stereocenters. The summed E-state index contributed by atoms with van der Waals surface area (Å²) in [5, 5.41) is 3.19. The first-order valence-corrected chi connectivity index (χ1v) is 4.73. The van der Waals surface area contributed by atoms with Crippen molar-refractivity contribution >= 4 is 5.69 Å². The Morgan fingerprint density at radius 1 is 1.20 bits per heavy atom. The summed E-state index contributed by atoms with van der Waals surface area (Å²) in [5.41, 5.74) is 0.980. The number of benzene rings is 1. The van der Waals surface area contributed by atoms with Gasteiger partial charge in [0.25, 0.3) is 0 Å². The smallest absolute Gasteiger partial charge is 0.173 e. The minimum absolute atomic E-state index is 0.240. The van der Waals surface area contributed by atoms with Crippen molar-refractivity contribution in [2.75, 3.05) is 33.2 Å². The lowest BCUT2D eigenvalue weighted by molar-refractivity contribution is -0.0914. The van der Waals surface area contributed by atoms with Crippen molar-refractivity contribution in [2.45, 2.75) is 6.29 Å². The fourth-order valence-corrected chi connectivity index (χ4v) is 1.20. The molecule has 0 bridgehead atoms. The lowest BCUT2D eigenvalue weighted by Crippen LogP contribution is -2.23. The van der Waals surface area contributed by atoms with E-state index >= 15 is 0 Å². The first-order chi connectivity index (χ1) is 7.30. The van der Waals surface area contributed by atoms with Crippen LogP contribution in [0.3, 0.4) is 0 Å². The predicted octanol–water partition coefficient (Wildman–Crippen LogP) is 1.73. The van der Waals surface area contributed by atoms with Gasteiger partial charge in [0, 0.05) is 26.0 Å². The van der Waals surface area contributed by atoms with Crippen LogP contribution in [0.15, 0.2) is 24.3 Å². The van der Waals surface area contributed by atoms with E-state index in [2.05, 4.69) is 5.32 Å². The second-order valence-electron chi connectivity index (χ2n) is 3.01. The molecule has 1 aromatic rings. The van der Waals surface area contributed by atoms with Gasteiger partial charge in [-0.1, -0.05) is 6.07 Å². The third-order valence-electron chi connectivity index (χ3n) is 2.07. The van der Waals surface area contributed by atoms with Crippen molar-refractivity contribution in [1.29, 1.82) is 0 Å². The molecular weight excluding hydrogens is 194 g/mol. The van der Waals surface area contributed by atoms with Crippen LogP contribution < -0.4 is 10.1 Å². The van der Waals surface area contributed by atoms with Crippen molar-refractivity contribution in [3.05, 3.63) is 24.3 Å². The molecule has 0 radical (unpaired) electrons. The summed E-state index contributed by atoms with van der Waals surface area (Å²) < 4.78 is 15.2. The van der Waals surface area contributed by atoms with Crippen molar-refractivity contribution in [3.63, 3.8) is 0 Å². The Balaban J connectivity index is 2.49. The van der Waals surface area contributed by atoms with E-state index in [4.69, 9.17) is 14.2 Å². The van der Waals surface area contributed by atoms with Gasteiger partial charge in [0.1, 0.15) is 5.75 Å². The van der Waals surface area contributed by atoms with E-state index < -0.39 is 0 Å². The van der Waals surface area contributed by atoms with E-state index in [0.29, 0.717) is 6.54 Å². The first-order valence-electron chi connectivity index (χ1n) is 4.73. The molecule has 4 heteroatoms. The molecule has 4 nitrogen and oxygen atoms in total. The number of rotatable bonds is 6. The normalized spacial score (nSPS) is 10.4. The van der Waals surface area contributed by atoms with Gasteiger partial charge in [-0.2, -0.15) is 0 Å². The lowest BCUT2D eigenvalue weighted by atomic mass is 10.3. The van der Waals surface area contributed by atoms with Gasteiger partial charge in [0.2, 0.25) is 0 Å². The highest BCUT2D eigenvalue weighted by Crippen LogP contribution is 2.16. The van der Waals surface area contributed by atoms with Gasteiger partial charge in [-0.25, -0.2) is 0 Å². The third-order valence-corrected chi connectivity index (χ3v) is 2.07. The summed E-state index contributed by atoms with van der Waals surface area (Å²) in [4.78, 5) is 0. The molecule has 0 saturated heterocycles. The Hall–Kier alpha value is -1.26. The van der Waals surface area contributed by atoms with Crippen LogP contribution in [0.4, 0.5) is 5.69 Å². The summed E-state index contributed by atoms with van der Waals surface area (Å²) in [7, 11) is 4.87. The minimum Gasteiger partial charge on any atom is -0.497 e. The molecule has 0 spiro atoms. The molecule has 0 aliphatic rings. The van der Waals surface area contributed by atoms with E-state index in [1.165, 1.54) is 0 Å². The second kappa shape index (κ2) is 6.27. The van der Waals surface area contributed by atoms with Crippen LogP contribution in [0, 0.1) is 0 Å². The Morgan fingerprint density at radius 3 is 2.53 bits per heavy atom. The Kier molecular flexibility index (Phi) is 4.93. The van der Waals surface area contributed by atoms with Gasteiger partial charge >= 0.3 is 0 Å². The first kappa shape index (κ1) is 11.8. The molecule has 84 valence electrons. The van der Waals surface area contributed by atoms with Crippen molar-refractivity contribution in [2.24, 2.45) is 0 Å². The number of nitrogens with one attached hydrogen (secondary N) is 1. The summed E-state index contributed by atoms with van der Waals surface area (Å²) in [6, 6.07) is 7.71. The van der Waals surface area contributed by atoms with Gasteiger partial charge in [-0.15, -0.1) is 0 Å². The van der Waals surface area contributed by atoms with Crippen molar-refractivity contribution in [1.82, 2.24) is 0 Å². The molecule has 1 aromatic carbocycles. The molecule has 1 rings (SSSR count). The van der Waals surface area contributed by atoms with Gasteiger partial charge in [0.15, 0.2) is 6.29 Å². The maximum atomic E-state index is 5.11. The highest BCUT2D eigenvalue weighted by molar-refractivity contribution is 5.48. The van der Waals surface area contributed by atoms with Crippen LogP contribution in [0.5, 0.6) is 5.75 Å². The molecule has 0 aliphatic carbocycles. The maximum Gasteiger partial charge on any atom is 0.173 e. The molecule has 0 aromatic heterocycles. The van der Waals surface area contributed by atoms with Crippen LogP contribution in [0.1, 0.15) is 0 Å². The van der Waals surface area contributed by atoms with Crippen molar-refractivity contribution in [3.8, 4) is 5.75 Å². The standard InChI is InChI=1S/C11H17NO3/c1-13-10-6-4-5-9(7-10)12-8-11(14-2)15-3/h4-7,11-12H,8H2,1-3H3. The fourth-order valence-electron chi connectivity index (χ4n) is 1.20. The Labute approximate surface area is 90.1 Å². The van der Waals surface area contributed by atoms with Crippen molar-refractivity contribution < 1.29 is 14.2 Å². The quantitative estimate of drug-likeness (QED) is 0.727. The van der Waals surface area contributed by atoms with Crippen LogP contribution in [-0.4, -0.2) is 34.2 Å². The maximum absolute atomic E-state index is 5.11. The molecule has 0 aliphatic heterocycles. The molecule has 0 unspecified atom stereocenters. The van der Waals surface area contributed by atoms with E-state index in [9.17, 15) is 0 Å². The number of methoxy groups -OCH3 is 3. The number of ether oxygens (including phenoxy) is 3. The number of anilines is 1. The molecule has 15 heavy (non-hydrogen) atoms. The number of hydrogen-bond acceptors (Lipinski definition) is 4. The van der Waals surface area contributed by atoms with Crippen LogP contribution in [0.25, 0.3) is 0 Å². The van der Waals surface area contributed by atoms with Gasteiger partial charge in [-0.05, 0) is 12.1 Å². The third kappa shape index (κ3) is 3.77. The van der Waals surface area contributed by atoms with E-state index in [1.54, 1.807) is 21.3 Å². The summed E-state index contributed by atoms with van der Waals surface area (Å²) in [5.74, 6) is 0.825. The monoisotopic (exact) mass is 211 g/mol. The molecule has 0 amide bonds. The van der Waals surface area contributed by atoms with E-state index in [0.717, 1.165) is 11.4 Å². The molecule has 0 fully saturated rings. The second-order valence-corrected chi connectivity index (χ2v) is 3.01. The average molecular weight is 211 g/mol. The topological polar surface area (TPSA) is 39.7 Å². The summed E-state index contributed by atoms with van der Waals surface area (Å²) in [6.07, 6.45) is -0.240. The predicted molar refractivity (Wildman–Crippen MR) is 59.3 cm³/mol. The summed E-state index contributed by atoms with van der Waals surface area (Å²) >= 11 is 0. The molecular formula is C11H17NO3. The Morgan fingerprint density at radius 2 is 1.93 bits per heavy atom. The zero-order chi connectivity index (χ0) is 11.1. The zero-order valence-electron chi connectivity index (χ0n) is 9.32. The van der Waals surface area contributed by atoms with Gasteiger partial charge in [-0.3, -0.25) is 0 Å².